The topological polar surface area (TPSA) is 134 Å². The number of hydrogen-bond acceptors (Lipinski definition) is 7. The Morgan fingerprint density at radius 1 is 1.09 bits per heavy atom. The Morgan fingerprint density at radius 2 is 1.74 bits per heavy atom. The summed E-state index contributed by atoms with van der Waals surface area (Å²) in [6, 6.07) is 6.62. The minimum absolute atomic E-state index is 0.0563. The highest BCUT2D eigenvalue weighted by Crippen LogP contribution is 2.28. The van der Waals surface area contributed by atoms with E-state index in [2.05, 4.69) is 20.7 Å². The van der Waals surface area contributed by atoms with Crippen LogP contribution < -0.4 is 5.32 Å². The normalized spacial score (nSPS) is 11.1. The molecule has 0 bridgehead atoms. The molecule has 1 amide bonds. The van der Waals surface area contributed by atoms with Gasteiger partial charge in [-0.15, -0.1) is 0 Å². The SMILES string of the molecule is Cc1nn(Cc2c(Cl)cccc2Cl)c(C)c1NC(=O)c1noc(C)c1Cn1nc([N+](=O)[O-])cc1C. The van der Waals surface area contributed by atoms with Crippen LogP contribution in [0.15, 0.2) is 28.8 Å². The van der Waals surface area contributed by atoms with Gasteiger partial charge in [-0.05, 0) is 44.8 Å². The van der Waals surface area contributed by atoms with Gasteiger partial charge in [-0.2, -0.15) is 9.78 Å². The van der Waals surface area contributed by atoms with Gasteiger partial charge in [0.2, 0.25) is 0 Å². The van der Waals surface area contributed by atoms with Crippen molar-refractivity contribution < 1.29 is 14.2 Å². The molecular weight excluding hydrogens is 497 g/mol. The van der Waals surface area contributed by atoms with E-state index in [1.54, 1.807) is 43.7 Å². The van der Waals surface area contributed by atoms with E-state index in [0.717, 1.165) is 5.56 Å². The van der Waals surface area contributed by atoms with Crippen molar-refractivity contribution in [3.05, 3.63) is 84.1 Å². The van der Waals surface area contributed by atoms with Crippen molar-refractivity contribution >= 4 is 40.6 Å². The number of hydrogen-bond donors (Lipinski definition) is 1. The minimum Gasteiger partial charge on any atom is -0.361 e. The average Bonchev–Trinajstić information content (AvgIpc) is 3.43. The highest BCUT2D eigenvalue weighted by molar-refractivity contribution is 6.36. The van der Waals surface area contributed by atoms with Crippen LogP contribution in [0.1, 0.15) is 44.5 Å². The molecular formula is C22H21Cl2N7O4. The Morgan fingerprint density at radius 3 is 2.37 bits per heavy atom. The number of aryl methyl sites for hydroxylation is 3. The fourth-order valence-electron chi connectivity index (χ4n) is 3.69. The quantitative estimate of drug-likeness (QED) is 0.273. The van der Waals surface area contributed by atoms with E-state index in [1.807, 2.05) is 6.92 Å². The largest absolute Gasteiger partial charge is 0.390 e. The van der Waals surface area contributed by atoms with Crippen molar-refractivity contribution in [2.75, 3.05) is 5.32 Å². The van der Waals surface area contributed by atoms with Crippen LogP contribution in [-0.4, -0.2) is 35.5 Å². The predicted molar refractivity (Wildman–Crippen MR) is 129 cm³/mol. The lowest BCUT2D eigenvalue weighted by atomic mass is 10.1. The molecule has 0 aliphatic carbocycles. The highest BCUT2D eigenvalue weighted by atomic mass is 35.5. The molecule has 35 heavy (non-hydrogen) atoms. The molecule has 0 aliphatic rings. The third kappa shape index (κ3) is 4.77. The lowest BCUT2D eigenvalue weighted by molar-refractivity contribution is -0.389. The second-order valence-corrected chi connectivity index (χ2v) is 8.80. The number of carbonyl (C=O) groups is 1. The van der Waals surface area contributed by atoms with E-state index in [4.69, 9.17) is 27.7 Å². The minimum atomic E-state index is -0.573. The van der Waals surface area contributed by atoms with Gasteiger partial charge in [0.25, 0.3) is 5.91 Å². The van der Waals surface area contributed by atoms with Crippen LogP contribution >= 0.6 is 23.2 Å². The van der Waals surface area contributed by atoms with Crippen LogP contribution in [0, 0.1) is 37.8 Å². The Hall–Kier alpha value is -3.70. The summed E-state index contributed by atoms with van der Waals surface area (Å²) in [6.07, 6.45) is 0. The van der Waals surface area contributed by atoms with E-state index in [1.165, 1.54) is 10.7 Å². The standard InChI is InChI=1S/C22H21Cl2N7O4/c1-11-8-19(31(33)34)27-29(11)9-15-14(4)35-28-21(15)22(32)25-20-12(2)26-30(13(20)3)10-16-17(23)6-5-7-18(16)24/h5-8H,9-10H2,1-4H3,(H,25,32). The molecule has 0 aliphatic heterocycles. The number of rotatable bonds is 7. The summed E-state index contributed by atoms with van der Waals surface area (Å²) in [5, 5.41) is 27.4. The number of nitro groups is 1. The smallest absolute Gasteiger partial charge is 0.361 e. The molecule has 3 heterocycles. The first-order chi connectivity index (χ1) is 16.6. The maximum absolute atomic E-state index is 13.2. The molecule has 0 fully saturated rings. The van der Waals surface area contributed by atoms with E-state index in [9.17, 15) is 14.9 Å². The molecule has 182 valence electrons. The summed E-state index contributed by atoms with van der Waals surface area (Å²) in [5.74, 6) is -0.372. The maximum atomic E-state index is 13.2. The third-order valence-electron chi connectivity index (χ3n) is 5.65. The summed E-state index contributed by atoms with van der Waals surface area (Å²) >= 11 is 12.6. The summed E-state index contributed by atoms with van der Waals surface area (Å²) in [7, 11) is 0. The van der Waals surface area contributed by atoms with Crippen molar-refractivity contribution in [1.29, 1.82) is 0 Å². The van der Waals surface area contributed by atoms with E-state index >= 15 is 0 Å². The first-order valence-corrected chi connectivity index (χ1v) is 11.2. The predicted octanol–water partition coefficient (Wildman–Crippen LogP) is 4.87. The number of nitrogens with one attached hydrogen (secondary N) is 1. The van der Waals surface area contributed by atoms with Crippen LogP contribution in [0.4, 0.5) is 11.5 Å². The summed E-state index contributed by atoms with van der Waals surface area (Å²) in [4.78, 5) is 23.6. The van der Waals surface area contributed by atoms with Gasteiger partial charge in [0.15, 0.2) is 5.69 Å². The molecule has 0 saturated heterocycles. The highest BCUT2D eigenvalue weighted by Gasteiger charge is 2.25. The van der Waals surface area contributed by atoms with Crippen molar-refractivity contribution in [1.82, 2.24) is 24.7 Å². The first kappa shape index (κ1) is 24.4. The number of carbonyl (C=O) groups excluding carboxylic acids is 1. The summed E-state index contributed by atoms with van der Waals surface area (Å²) in [5.41, 5.74) is 3.63. The van der Waals surface area contributed by atoms with Gasteiger partial charge in [0.1, 0.15) is 5.76 Å². The Balaban J connectivity index is 1.59. The first-order valence-electron chi connectivity index (χ1n) is 10.5. The Kier molecular flexibility index (Phi) is 6.64. The number of nitrogens with zero attached hydrogens (tertiary/aromatic N) is 6. The van der Waals surface area contributed by atoms with Gasteiger partial charge in [0, 0.05) is 15.6 Å². The molecule has 0 spiro atoms. The molecule has 0 atom stereocenters. The number of benzene rings is 1. The average molecular weight is 518 g/mol. The molecule has 0 unspecified atom stereocenters. The lowest BCUT2D eigenvalue weighted by Gasteiger charge is -2.09. The summed E-state index contributed by atoms with van der Waals surface area (Å²) in [6.45, 7) is 7.35. The number of amides is 1. The van der Waals surface area contributed by atoms with Crippen molar-refractivity contribution in [2.45, 2.75) is 40.8 Å². The number of anilines is 1. The zero-order chi connectivity index (χ0) is 25.4. The van der Waals surface area contributed by atoms with Crippen molar-refractivity contribution in [3.63, 3.8) is 0 Å². The fourth-order valence-corrected chi connectivity index (χ4v) is 4.20. The zero-order valence-electron chi connectivity index (χ0n) is 19.3. The monoisotopic (exact) mass is 517 g/mol. The van der Waals surface area contributed by atoms with Gasteiger partial charge >= 0.3 is 5.82 Å². The fraction of sp³-hybridized carbons (Fsp3) is 0.273. The molecule has 0 saturated carbocycles. The van der Waals surface area contributed by atoms with E-state index in [-0.39, 0.29) is 18.1 Å². The molecule has 13 heteroatoms. The molecule has 1 aromatic carbocycles. The van der Waals surface area contributed by atoms with Gasteiger partial charge in [-0.3, -0.25) is 9.48 Å². The molecule has 1 N–H and O–H groups in total. The van der Waals surface area contributed by atoms with Crippen LogP contribution in [-0.2, 0) is 13.1 Å². The van der Waals surface area contributed by atoms with Crippen molar-refractivity contribution in [3.8, 4) is 0 Å². The maximum Gasteiger partial charge on any atom is 0.390 e. The van der Waals surface area contributed by atoms with E-state index < -0.39 is 10.8 Å². The van der Waals surface area contributed by atoms with Crippen LogP contribution in [0.3, 0.4) is 0 Å². The van der Waals surface area contributed by atoms with Gasteiger partial charge in [0.05, 0.1) is 52.6 Å². The molecule has 4 aromatic rings. The second-order valence-electron chi connectivity index (χ2n) is 7.98. The molecule has 4 rings (SSSR count). The second kappa shape index (κ2) is 9.51. The van der Waals surface area contributed by atoms with Crippen LogP contribution in [0.2, 0.25) is 10.0 Å². The van der Waals surface area contributed by atoms with Gasteiger partial charge < -0.3 is 20.0 Å². The molecule has 3 aromatic heterocycles. The number of halogens is 2. The zero-order valence-corrected chi connectivity index (χ0v) is 20.8. The summed E-state index contributed by atoms with van der Waals surface area (Å²) < 4.78 is 8.39. The third-order valence-corrected chi connectivity index (χ3v) is 6.36. The number of aromatic nitrogens is 5. The van der Waals surface area contributed by atoms with Gasteiger partial charge in [-0.1, -0.05) is 34.4 Å². The Labute approximate surface area is 209 Å². The van der Waals surface area contributed by atoms with Gasteiger partial charge in [-0.25, -0.2) is 0 Å². The van der Waals surface area contributed by atoms with Crippen molar-refractivity contribution in [2.24, 2.45) is 0 Å². The molecule has 0 radical (unpaired) electrons. The molecule has 11 nitrogen and oxygen atoms in total. The van der Waals surface area contributed by atoms with Crippen LogP contribution in [0.25, 0.3) is 0 Å². The van der Waals surface area contributed by atoms with E-state index in [0.29, 0.717) is 50.7 Å². The van der Waals surface area contributed by atoms with Crippen LogP contribution in [0.5, 0.6) is 0 Å². The lowest BCUT2D eigenvalue weighted by Crippen LogP contribution is -2.17. The Bertz CT molecular complexity index is 1430.